The largest absolute Gasteiger partial charge is 0.207 e. The van der Waals surface area contributed by atoms with Gasteiger partial charge in [-0.05, 0) is 42.3 Å². The molecular weight excluding hydrogens is 145 g/mol. The van der Waals surface area contributed by atoms with E-state index < -0.39 is 0 Å². The lowest BCUT2D eigenvalue weighted by atomic mass is 10.1. The van der Waals surface area contributed by atoms with Gasteiger partial charge in [-0.3, -0.25) is 0 Å². The molecule has 58 valence electrons. The number of hydrogen-bond donors (Lipinski definition) is 0. The molecule has 0 radical (unpaired) electrons. The van der Waals surface area contributed by atoms with Crippen LogP contribution in [0.1, 0.15) is 11.1 Å². The van der Waals surface area contributed by atoms with E-state index in [1.54, 1.807) is 13.8 Å². The minimum atomic E-state index is -0.296. The van der Waals surface area contributed by atoms with Crippen LogP contribution >= 0.6 is 0 Å². The van der Waals surface area contributed by atoms with E-state index in [4.69, 9.17) is 0 Å². The zero-order valence-corrected chi connectivity index (χ0v) is 6.39. The molecule has 0 bridgehead atoms. The molecule has 1 aromatic rings. The molecule has 0 aliphatic rings. The highest BCUT2D eigenvalue weighted by molar-refractivity contribution is 5.47. The first-order chi connectivity index (χ1) is 5.15. The van der Waals surface area contributed by atoms with E-state index in [-0.39, 0.29) is 5.82 Å². The van der Waals surface area contributed by atoms with E-state index in [0.717, 1.165) is 0 Å². The monoisotopic (exact) mass is 153 g/mol. The lowest BCUT2D eigenvalue weighted by Gasteiger charge is -1.99. The molecular formula is C8H8FNO. The Balaban J connectivity index is 3.31. The lowest BCUT2D eigenvalue weighted by molar-refractivity contribution is 0.617. The van der Waals surface area contributed by atoms with Crippen LogP contribution < -0.4 is 0 Å². The summed E-state index contributed by atoms with van der Waals surface area (Å²) in [5.74, 6) is -0.296. The molecule has 0 unspecified atom stereocenters. The van der Waals surface area contributed by atoms with Gasteiger partial charge in [0.15, 0.2) is 0 Å². The third-order valence-corrected chi connectivity index (χ3v) is 1.58. The molecule has 0 spiro atoms. The Labute approximate surface area is 64.0 Å². The van der Waals surface area contributed by atoms with Crippen molar-refractivity contribution < 1.29 is 4.39 Å². The SMILES string of the molecule is Cc1cc(N=O)c(C)cc1F. The van der Waals surface area contributed by atoms with Crippen LogP contribution in [0.15, 0.2) is 17.3 Å². The molecule has 1 rings (SSSR count). The fraction of sp³-hybridized carbons (Fsp3) is 0.250. The second kappa shape index (κ2) is 2.78. The third kappa shape index (κ3) is 1.42. The van der Waals surface area contributed by atoms with Gasteiger partial charge in [0, 0.05) is 0 Å². The van der Waals surface area contributed by atoms with E-state index in [1.807, 2.05) is 0 Å². The lowest BCUT2D eigenvalue weighted by Crippen LogP contribution is -1.83. The van der Waals surface area contributed by atoms with Crippen molar-refractivity contribution in [3.8, 4) is 0 Å². The number of halogens is 1. The van der Waals surface area contributed by atoms with Crippen molar-refractivity contribution in [1.82, 2.24) is 0 Å². The van der Waals surface area contributed by atoms with Crippen LogP contribution in [0, 0.1) is 24.6 Å². The van der Waals surface area contributed by atoms with Crippen LogP contribution in [0.5, 0.6) is 0 Å². The number of rotatable bonds is 1. The van der Waals surface area contributed by atoms with Gasteiger partial charge in [0.25, 0.3) is 0 Å². The van der Waals surface area contributed by atoms with Crippen molar-refractivity contribution in [2.24, 2.45) is 5.18 Å². The molecule has 0 aliphatic heterocycles. The smallest absolute Gasteiger partial charge is 0.126 e. The summed E-state index contributed by atoms with van der Waals surface area (Å²) >= 11 is 0. The first kappa shape index (κ1) is 7.85. The van der Waals surface area contributed by atoms with Gasteiger partial charge in [-0.1, -0.05) is 0 Å². The van der Waals surface area contributed by atoms with Crippen LogP contribution in [-0.4, -0.2) is 0 Å². The maximum Gasteiger partial charge on any atom is 0.126 e. The van der Waals surface area contributed by atoms with Crippen LogP contribution in [-0.2, 0) is 0 Å². The molecule has 11 heavy (non-hydrogen) atoms. The van der Waals surface area contributed by atoms with Crippen molar-refractivity contribution >= 4 is 5.69 Å². The molecule has 1 aromatic carbocycles. The Bertz CT molecular complexity index is 296. The number of aryl methyl sites for hydroxylation is 2. The molecule has 0 aromatic heterocycles. The van der Waals surface area contributed by atoms with Gasteiger partial charge in [0.05, 0.1) is 0 Å². The van der Waals surface area contributed by atoms with Crippen molar-refractivity contribution in [3.05, 3.63) is 34.0 Å². The quantitative estimate of drug-likeness (QED) is 0.570. The molecule has 0 amide bonds. The highest BCUT2D eigenvalue weighted by atomic mass is 19.1. The zero-order chi connectivity index (χ0) is 8.43. The van der Waals surface area contributed by atoms with Gasteiger partial charge in [-0.25, -0.2) is 4.39 Å². The molecule has 0 atom stereocenters. The van der Waals surface area contributed by atoms with Crippen LogP contribution in [0.4, 0.5) is 10.1 Å². The Hall–Kier alpha value is -1.25. The molecule has 0 fully saturated rings. The van der Waals surface area contributed by atoms with Gasteiger partial charge in [0.1, 0.15) is 11.5 Å². The highest BCUT2D eigenvalue weighted by Gasteiger charge is 2.02. The summed E-state index contributed by atoms with van der Waals surface area (Å²) in [4.78, 5) is 10.1. The molecule has 0 saturated carbocycles. The minimum Gasteiger partial charge on any atom is -0.207 e. The zero-order valence-electron chi connectivity index (χ0n) is 6.39. The molecule has 2 nitrogen and oxygen atoms in total. The average Bonchev–Trinajstić information content (AvgIpc) is 1.97. The summed E-state index contributed by atoms with van der Waals surface area (Å²) in [6.45, 7) is 3.25. The second-order valence-electron chi connectivity index (χ2n) is 2.48. The number of nitroso groups, excluding NO2 is 1. The Morgan fingerprint density at radius 1 is 1.27 bits per heavy atom. The van der Waals surface area contributed by atoms with Crippen LogP contribution in [0.2, 0.25) is 0 Å². The molecule has 0 saturated heterocycles. The summed E-state index contributed by atoms with van der Waals surface area (Å²) in [6.07, 6.45) is 0. The predicted molar refractivity (Wildman–Crippen MR) is 41.3 cm³/mol. The summed E-state index contributed by atoms with van der Waals surface area (Å²) in [5.41, 5.74) is 1.33. The van der Waals surface area contributed by atoms with E-state index in [0.29, 0.717) is 16.8 Å². The Morgan fingerprint density at radius 3 is 2.45 bits per heavy atom. The second-order valence-corrected chi connectivity index (χ2v) is 2.48. The predicted octanol–water partition coefficient (Wildman–Crippen LogP) is 2.84. The Morgan fingerprint density at radius 2 is 1.91 bits per heavy atom. The summed E-state index contributed by atoms with van der Waals surface area (Å²) in [5, 5.41) is 2.76. The van der Waals surface area contributed by atoms with E-state index in [9.17, 15) is 9.30 Å². The van der Waals surface area contributed by atoms with Gasteiger partial charge in [-0.2, -0.15) is 0 Å². The molecule has 0 aliphatic carbocycles. The van der Waals surface area contributed by atoms with Crippen LogP contribution in [0.3, 0.4) is 0 Å². The van der Waals surface area contributed by atoms with E-state index in [1.165, 1.54) is 12.1 Å². The van der Waals surface area contributed by atoms with Crippen molar-refractivity contribution in [2.45, 2.75) is 13.8 Å². The maximum atomic E-state index is 12.8. The summed E-state index contributed by atoms with van der Waals surface area (Å²) in [6, 6.07) is 2.75. The van der Waals surface area contributed by atoms with Crippen molar-refractivity contribution in [2.75, 3.05) is 0 Å². The fourth-order valence-corrected chi connectivity index (χ4v) is 0.864. The highest BCUT2D eigenvalue weighted by Crippen LogP contribution is 2.21. The average molecular weight is 153 g/mol. The molecule has 0 N–H and O–H groups in total. The maximum absolute atomic E-state index is 12.8. The standard InChI is InChI=1S/C8H8FNO/c1-5-4-8(10-11)6(2)3-7(5)9/h3-4H,1-2H3. The normalized spacial score (nSPS) is 9.73. The number of benzene rings is 1. The van der Waals surface area contributed by atoms with Gasteiger partial charge in [0.2, 0.25) is 0 Å². The minimum absolute atomic E-state index is 0.296. The van der Waals surface area contributed by atoms with Gasteiger partial charge >= 0.3 is 0 Å². The van der Waals surface area contributed by atoms with Crippen molar-refractivity contribution in [3.63, 3.8) is 0 Å². The topological polar surface area (TPSA) is 29.4 Å². The van der Waals surface area contributed by atoms with Gasteiger partial charge in [-0.15, -0.1) is 4.91 Å². The van der Waals surface area contributed by atoms with Crippen molar-refractivity contribution in [1.29, 1.82) is 0 Å². The fourth-order valence-electron chi connectivity index (χ4n) is 0.864. The van der Waals surface area contributed by atoms with Crippen LogP contribution in [0.25, 0.3) is 0 Å². The van der Waals surface area contributed by atoms with E-state index in [2.05, 4.69) is 5.18 Å². The molecule has 0 heterocycles. The first-order valence-corrected chi connectivity index (χ1v) is 3.25. The summed E-state index contributed by atoms with van der Waals surface area (Å²) in [7, 11) is 0. The summed E-state index contributed by atoms with van der Waals surface area (Å²) < 4.78 is 12.8. The van der Waals surface area contributed by atoms with Gasteiger partial charge < -0.3 is 0 Å². The molecule has 3 heteroatoms. The third-order valence-electron chi connectivity index (χ3n) is 1.58. The number of nitrogens with zero attached hydrogens (tertiary/aromatic N) is 1. The first-order valence-electron chi connectivity index (χ1n) is 3.25. The van der Waals surface area contributed by atoms with E-state index >= 15 is 0 Å². The Kier molecular flexibility index (Phi) is 1.98. The number of hydrogen-bond acceptors (Lipinski definition) is 2.